The topological polar surface area (TPSA) is 109 Å². The number of piperidine rings is 1. The normalized spacial score (nSPS) is 17.7. The van der Waals surface area contributed by atoms with E-state index in [0.717, 1.165) is 44.9 Å². The lowest BCUT2D eigenvalue weighted by Gasteiger charge is -2.34. The molecule has 1 rings (SSSR count). The SMILES string of the molecule is CCNC(=NCCCNC(=O)OC(C)(C)C)N1CCCC(CC(N)=O)C1.I. The lowest BCUT2D eigenvalue weighted by atomic mass is 9.95. The summed E-state index contributed by atoms with van der Waals surface area (Å²) in [4.78, 5) is 29.6. The van der Waals surface area contributed by atoms with E-state index in [1.165, 1.54) is 0 Å². The van der Waals surface area contributed by atoms with Gasteiger partial charge in [0.15, 0.2) is 5.96 Å². The molecule has 1 aliphatic rings. The van der Waals surface area contributed by atoms with Crippen LogP contribution in [0, 0.1) is 5.92 Å². The Hall–Kier alpha value is -1.26. The van der Waals surface area contributed by atoms with Crippen LogP contribution >= 0.6 is 24.0 Å². The minimum Gasteiger partial charge on any atom is -0.444 e. The second-order valence-electron chi connectivity index (χ2n) is 7.64. The zero-order valence-corrected chi connectivity index (χ0v) is 19.4. The number of hydrogen-bond acceptors (Lipinski definition) is 4. The van der Waals surface area contributed by atoms with Crippen molar-refractivity contribution in [2.24, 2.45) is 16.6 Å². The Morgan fingerprint density at radius 2 is 2.00 bits per heavy atom. The van der Waals surface area contributed by atoms with Gasteiger partial charge in [0, 0.05) is 39.1 Å². The third-order valence-corrected chi connectivity index (χ3v) is 3.91. The largest absolute Gasteiger partial charge is 0.444 e. The molecular weight excluding hydrogens is 461 g/mol. The molecule has 4 N–H and O–H groups in total. The van der Waals surface area contributed by atoms with Crippen LogP contribution in [0.1, 0.15) is 53.4 Å². The smallest absolute Gasteiger partial charge is 0.407 e. The first kappa shape index (κ1) is 25.7. The van der Waals surface area contributed by atoms with Crippen molar-refractivity contribution >= 4 is 41.9 Å². The number of amides is 2. The van der Waals surface area contributed by atoms with E-state index < -0.39 is 11.7 Å². The maximum absolute atomic E-state index is 11.6. The van der Waals surface area contributed by atoms with Crippen molar-refractivity contribution < 1.29 is 14.3 Å². The number of carbonyl (C=O) groups is 2. The van der Waals surface area contributed by atoms with Crippen LogP contribution in [0.2, 0.25) is 0 Å². The number of nitrogens with two attached hydrogens (primary N) is 1. The van der Waals surface area contributed by atoms with Crippen LogP contribution in [0.5, 0.6) is 0 Å². The first-order valence-corrected chi connectivity index (χ1v) is 9.49. The van der Waals surface area contributed by atoms with Crippen LogP contribution in [0.25, 0.3) is 0 Å². The van der Waals surface area contributed by atoms with Gasteiger partial charge in [-0.25, -0.2) is 4.79 Å². The van der Waals surface area contributed by atoms with Gasteiger partial charge in [0.25, 0.3) is 0 Å². The Balaban J connectivity index is 0.00000676. The van der Waals surface area contributed by atoms with Gasteiger partial charge in [-0.3, -0.25) is 9.79 Å². The molecule has 1 aliphatic heterocycles. The van der Waals surface area contributed by atoms with E-state index in [1.807, 2.05) is 27.7 Å². The fourth-order valence-electron chi connectivity index (χ4n) is 2.90. The summed E-state index contributed by atoms with van der Waals surface area (Å²) in [6, 6.07) is 0. The third kappa shape index (κ3) is 11.9. The van der Waals surface area contributed by atoms with Gasteiger partial charge in [-0.05, 0) is 52.9 Å². The van der Waals surface area contributed by atoms with E-state index in [2.05, 4.69) is 20.5 Å². The Morgan fingerprint density at radius 1 is 1.30 bits per heavy atom. The molecule has 27 heavy (non-hydrogen) atoms. The zero-order valence-electron chi connectivity index (χ0n) is 17.0. The number of ether oxygens (including phenoxy) is 1. The highest BCUT2D eigenvalue weighted by Crippen LogP contribution is 2.19. The number of rotatable bonds is 7. The zero-order chi connectivity index (χ0) is 19.6. The van der Waals surface area contributed by atoms with Crippen LogP contribution in [-0.2, 0) is 9.53 Å². The van der Waals surface area contributed by atoms with E-state index in [9.17, 15) is 9.59 Å². The number of nitrogens with zero attached hydrogens (tertiary/aromatic N) is 2. The summed E-state index contributed by atoms with van der Waals surface area (Å²) < 4.78 is 5.20. The van der Waals surface area contributed by atoms with Gasteiger partial charge in [0.2, 0.25) is 5.91 Å². The van der Waals surface area contributed by atoms with E-state index in [0.29, 0.717) is 25.4 Å². The van der Waals surface area contributed by atoms with Gasteiger partial charge in [-0.15, -0.1) is 24.0 Å². The van der Waals surface area contributed by atoms with Crippen molar-refractivity contribution in [3.05, 3.63) is 0 Å². The fourth-order valence-corrected chi connectivity index (χ4v) is 2.90. The minimum atomic E-state index is -0.490. The fraction of sp³-hybridized carbons (Fsp3) is 0.833. The molecule has 158 valence electrons. The van der Waals surface area contributed by atoms with Crippen molar-refractivity contribution in [2.45, 2.75) is 59.0 Å². The maximum Gasteiger partial charge on any atom is 0.407 e. The van der Waals surface area contributed by atoms with Gasteiger partial charge in [-0.1, -0.05) is 0 Å². The summed E-state index contributed by atoms with van der Waals surface area (Å²) in [5.41, 5.74) is 4.84. The van der Waals surface area contributed by atoms with E-state index >= 15 is 0 Å². The van der Waals surface area contributed by atoms with Crippen molar-refractivity contribution in [1.82, 2.24) is 15.5 Å². The molecule has 1 unspecified atom stereocenters. The Bertz CT molecular complexity index is 494. The van der Waals surface area contributed by atoms with Crippen LogP contribution < -0.4 is 16.4 Å². The predicted molar refractivity (Wildman–Crippen MR) is 118 cm³/mol. The summed E-state index contributed by atoms with van der Waals surface area (Å²) in [7, 11) is 0. The highest BCUT2D eigenvalue weighted by Gasteiger charge is 2.23. The van der Waals surface area contributed by atoms with Crippen LogP contribution in [0.4, 0.5) is 4.79 Å². The number of guanidine groups is 1. The molecule has 2 amide bonds. The number of likely N-dealkylation sites (tertiary alicyclic amines) is 1. The number of nitrogens with one attached hydrogen (secondary N) is 2. The number of aliphatic imine (C=N–C) groups is 1. The summed E-state index contributed by atoms with van der Waals surface area (Å²) in [6.45, 7) is 11.2. The Labute approximate surface area is 180 Å². The molecule has 0 aromatic heterocycles. The lowest BCUT2D eigenvalue weighted by Crippen LogP contribution is -2.47. The molecule has 1 heterocycles. The Kier molecular flexibility index (Phi) is 12.4. The Morgan fingerprint density at radius 3 is 2.59 bits per heavy atom. The molecule has 0 saturated carbocycles. The molecule has 0 aromatic carbocycles. The first-order valence-electron chi connectivity index (χ1n) is 9.49. The van der Waals surface area contributed by atoms with E-state index in [1.54, 1.807) is 0 Å². The molecule has 0 spiro atoms. The molecule has 8 nitrogen and oxygen atoms in total. The second kappa shape index (κ2) is 13.0. The number of alkyl carbamates (subject to hydrolysis) is 1. The molecule has 1 atom stereocenters. The number of carbonyl (C=O) groups excluding carboxylic acids is 2. The molecule has 0 aliphatic carbocycles. The summed E-state index contributed by atoms with van der Waals surface area (Å²) >= 11 is 0. The predicted octanol–water partition coefficient (Wildman–Crippen LogP) is 2.07. The molecule has 0 aromatic rings. The molecule has 1 fully saturated rings. The standard InChI is InChI=1S/C18H35N5O3.HI/c1-5-20-16(23-11-6-8-14(13-23)12-15(19)24)21-9-7-10-22-17(25)26-18(2,3)4;/h14H,5-13H2,1-4H3,(H2,19,24)(H,20,21)(H,22,25);1H. The highest BCUT2D eigenvalue weighted by atomic mass is 127. The first-order chi connectivity index (χ1) is 12.2. The summed E-state index contributed by atoms with van der Waals surface area (Å²) in [5.74, 6) is 0.907. The maximum atomic E-state index is 11.6. The minimum absolute atomic E-state index is 0. The average Bonchev–Trinajstić information content (AvgIpc) is 2.51. The van der Waals surface area contributed by atoms with Crippen molar-refractivity contribution in [2.75, 3.05) is 32.7 Å². The van der Waals surface area contributed by atoms with Crippen LogP contribution in [0.15, 0.2) is 4.99 Å². The van der Waals surface area contributed by atoms with Crippen molar-refractivity contribution in [1.29, 1.82) is 0 Å². The quantitative estimate of drug-likeness (QED) is 0.216. The monoisotopic (exact) mass is 497 g/mol. The average molecular weight is 497 g/mol. The van der Waals surface area contributed by atoms with Crippen molar-refractivity contribution in [3.8, 4) is 0 Å². The molecule has 9 heteroatoms. The van der Waals surface area contributed by atoms with E-state index in [4.69, 9.17) is 10.5 Å². The second-order valence-corrected chi connectivity index (χ2v) is 7.64. The highest BCUT2D eigenvalue weighted by molar-refractivity contribution is 14.0. The third-order valence-electron chi connectivity index (χ3n) is 3.91. The van der Waals surface area contributed by atoms with Gasteiger partial charge in [0.05, 0.1) is 0 Å². The molecule has 0 radical (unpaired) electrons. The molecule has 0 bridgehead atoms. The summed E-state index contributed by atoms with van der Waals surface area (Å²) in [6.07, 6.45) is 2.81. The number of halogens is 1. The molecule has 1 saturated heterocycles. The van der Waals surface area contributed by atoms with E-state index in [-0.39, 0.29) is 29.9 Å². The van der Waals surface area contributed by atoms with Gasteiger partial charge in [-0.2, -0.15) is 0 Å². The number of hydrogen-bond donors (Lipinski definition) is 3. The summed E-state index contributed by atoms with van der Waals surface area (Å²) in [5, 5.41) is 6.04. The van der Waals surface area contributed by atoms with Gasteiger partial charge < -0.3 is 26.0 Å². The van der Waals surface area contributed by atoms with Crippen LogP contribution in [0.3, 0.4) is 0 Å². The lowest BCUT2D eigenvalue weighted by molar-refractivity contribution is -0.119. The van der Waals surface area contributed by atoms with Crippen LogP contribution in [-0.4, -0.2) is 61.2 Å². The number of primary amides is 1. The molecular formula is C18H36IN5O3. The van der Waals surface area contributed by atoms with Gasteiger partial charge in [0.1, 0.15) is 5.60 Å². The van der Waals surface area contributed by atoms with Crippen molar-refractivity contribution in [3.63, 3.8) is 0 Å². The van der Waals surface area contributed by atoms with Gasteiger partial charge >= 0.3 is 6.09 Å².